The Labute approximate surface area is 171 Å². The number of Topliss-reactive ketones (excluding diaryl/α,β-unsaturated/α-hetero) is 1. The fourth-order valence-corrected chi connectivity index (χ4v) is 4.44. The SMILES string of the molecule is COc1ccccc1[C@@H]1CC(=O)c2c(C)nc(N3CCN(CCO)CC3)nc2C1. The molecule has 0 bridgehead atoms. The van der Waals surface area contributed by atoms with E-state index in [4.69, 9.17) is 14.8 Å². The monoisotopic (exact) mass is 396 g/mol. The number of aromatic nitrogens is 2. The molecule has 0 amide bonds. The van der Waals surface area contributed by atoms with Crippen molar-refractivity contribution in [1.29, 1.82) is 0 Å². The summed E-state index contributed by atoms with van der Waals surface area (Å²) in [7, 11) is 1.66. The Morgan fingerprint density at radius 2 is 1.90 bits per heavy atom. The number of para-hydroxylation sites is 1. The molecule has 0 radical (unpaired) electrons. The van der Waals surface area contributed by atoms with Crippen molar-refractivity contribution in [2.45, 2.75) is 25.7 Å². The Morgan fingerprint density at radius 3 is 2.62 bits per heavy atom. The van der Waals surface area contributed by atoms with Crippen LogP contribution in [0.1, 0.15) is 39.6 Å². The van der Waals surface area contributed by atoms with Crippen LogP contribution < -0.4 is 9.64 Å². The van der Waals surface area contributed by atoms with Crippen molar-refractivity contribution in [2.75, 3.05) is 51.3 Å². The smallest absolute Gasteiger partial charge is 0.225 e. The van der Waals surface area contributed by atoms with Gasteiger partial charge in [-0.3, -0.25) is 9.69 Å². The van der Waals surface area contributed by atoms with Gasteiger partial charge in [-0.25, -0.2) is 9.97 Å². The fraction of sp³-hybridized carbons (Fsp3) is 0.500. The Balaban J connectivity index is 1.60. The summed E-state index contributed by atoms with van der Waals surface area (Å²) in [4.78, 5) is 26.8. The van der Waals surface area contributed by atoms with Gasteiger partial charge in [-0.05, 0) is 25.0 Å². The summed E-state index contributed by atoms with van der Waals surface area (Å²) in [5.74, 6) is 1.70. The number of anilines is 1. The standard InChI is InChI=1S/C22H28N4O3/c1-15-21-18(24-22(23-15)26-9-7-25(8-10-26)11-12-27)13-16(14-19(21)28)17-5-3-4-6-20(17)29-2/h3-6,16,27H,7-14H2,1-2H3/t16-/m0/s1. The van der Waals surface area contributed by atoms with E-state index in [0.29, 0.717) is 30.9 Å². The van der Waals surface area contributed by atoms with Crippen molar-refractivity contribution in [3.63, 3.8) is 0 Å². The molecule has 4 rings (SSSR count). The zero-order valence-electron chi connectivity index (χ0n) is 17.1. The van der Waals surface area contributed by atoms with Crippen LogP contribution in [0.5, 0.6) is 5.75 Å². The molecule has 1 aromatic carbocycles. The highest BCUT2D eigenvalue weighted by Crippen LogP contribution is 2.37. The van der Waals surface area contributed by atoms with Crippen molar-refractivity contribution < 1.29 is 14.6 Å². The summed E-state index contributed by atoms with van der Waals surface area (Å²) in [6.07, 6.45) is 1.17. The number of fused-ring (bicyclic) bond motifs is 1. The van der Waals surface area contributed by atoms with Gasteiger partial charge in [0.15, 0.2) is 5.78 Å². The molecule has 2 heterocycles. The van der Waals surface area contributed by atoms with Gasteiger partial charge >= 0.3 is 0 Å². The first kappa shape index (κ1) is 19.8. The van der Waals surface area contributed by atoms with Crippen molar-refractivity contribution in [1.82, 2.24) is 14.9 Å². The van der Waals surface area contributed by atoms with Crippen LogP contribution in [0.15, 0.2) is 24.3 Å². The zero-order chi connectivity index (χ0) is 20.4. The van der Waals surface area contributed by atoms with E-state index in [-0.39, 0.29) is 18.3 Å². The van der Waals surface area contributed by atoms with Gasteiger partial charge in [0.25, 0.3) is 0 Å². The minimum absolute atomic E-state index is 0.0645. The number of methoxy groups -OCH3 is 1. The summed E-state index contributed by atoms with van der Waals surface area (Å²) in [6, 6.07) is 7.91. The first-order chi connectivity index (χ1) is 14.1. The predicted octanol–water partition coefficient (Wildman–Crippen LogP) is 1.82. The molecule has 7 heteroatoms. The third kappa shape index (κ3) is 3.97. The van der Waals surface area contributed by atoms with E-state index in [1.165, 1.54) is 0 Å². The van der Waals surface area contributed by atoms with E-state index in [1.807, 2.05) is 31.2 Å². The van der Waals surface area contributed by atoms with Gasteiger partial charge in [0.05, 0.1) is 30.7 Å². The molecular formula is C22H28N4O3. The molecule has 2 aliphatic rings. The molecule has 1 aliphatic carbocycles. The number of ketones is 1. The number of carbonyl (C=O) groups excluding carboxylic acids is 1. The number of aliphatic hydroxyl groups excluding tert-OH is 1. The topological polar surface area (TPSA) is 78.8 Å². The van der Waals surface area contributed by atoms with E-state index in [2.05, 4.69) is 14.8 Å². The quantitative estimate of drug-likeness (QED) is 0.826. The number of piperazine rings is 1. The van der Waals surface area contributed by atoms with Crippen molar-refractivity contribution in [3.8, 4) is 5.75 Å². The summed E-state index contributed by atoms with van der Waals surface area (Å²) in [6.45, 7) is 6.19. The van der Waals surface area contributed by atoms with Gasteiger partial charge in [-0.1, -0.05) is 18.2 Å². The van der Waals surface area contributed by atoms with E-state index in [9.17, 15) is 4.79 Å². The normalized spacial score (nSPS) is 19.9. The molecule has 0 unspecified atom stereocenters. The first-order valence-corrected chi connectivity index (χ1v) is 10.2. The maximum Gasteiger partial charge on any atom is 0.225 e. The number of aryl methyl sites for hydroxylation is 1. The number of benzene rings is 1. The summed E-state index contributed by atoms with van der Waals surface area (Å²) >= 11 is 0. The Morgan fingerprint density at radius 1 is 1.14 bits per heavy atom. The molecule has 7 nitrogen and oxygen atoms in total. The summed E-state index contributed by atoms with van der Waals surface area (Å²) in [5, 5.41) is 9.13. The van der Waals surface area contributed by atoms with E-state index in [1.54, 1.807) is 7.11 Å². The number of hydrogen-bond donors (Lipinski definition) is 1. The van der Waals surface area contributed by atoms with Gasteiger partial charge in [0.2, 0.25) is 5.95 Å². The number of ether oxygens (including phenoxy) is 1. The van der Waals surface area contributed by atoms with Crippen molar-refractivity contribution >= 4 is 11.7 Å². The van der Waals surface area contributed by atoms with Crippen LogP contribution in [0.2, 0.25) is 0 Å². The lowest BCUT2D eigenvalue weighted by Crippen LogP contribution is -2.48. The van der Waals surface area contributed by atoms with Crippen LogP contribution in [-0.2, 0) is 6.42 Å². The number of aliphatic hydroxyl groups is 1. The molecule has 0 saturated carbocycles. The highest BCUT2D eigenvalue weighted by molar-refractivity contribution is 5.99. The number of β-amino-alcohol motifs (C(OH)–C–C–N with tert-alkyl or cyclic N) is 1. The van der Waals surface area contributed by atoms with Crippen LogP contribution in [-0.4, -0.2) is 72.2 Å². The molecule has 2 aromatic rings. The molecule has 1 aromatic heterocycles. The highest BCUT2D eigenvalue weighted by atomic mass is 16.5. The van der Waals surface area contributed by atoms with Crippen molar-refractivity contribution in [2.24, 2.45) is 0 Å². The van der Waals surface area contributed by atoms with Gasteiger partial charge in [-0.2, -0.15) is 0 Å². The lowest BCUT2D eigenvalue weighted by molar-refractivity contribution is 0.0961. The minimum Gasteiger partial charge on any atom is -0.496 e. The summed E-state index contributed by atoms with van der Waals surface area (Å²) in [5.41, 5.74) is 3.37. The fourth-order valence-electron chi connectivity index (χ4n) is 4.44. The third-order valence-corrected chi connectivity index (χ3v) is 5.95. The summed E-state index contributed by atoms with van der Waals surface area (Å²) < 4.78 is 5.52. The molecule has 1 fully saturated rings. The number of nitrogens with zero attached hydrogens (tertiary/aromatic N) is 4. The second-order valence-electron chi connectivity index (χ2n) is 7.75. The molecular weight excluding hydrogens is 368 g/mol. The van der Waals surface area contributed by atoms with Crippen LogP contribution in [0, 0.1) is 6.92 Å². The Kier molecular flexibility index (Phi) is 5.78. The van der Waals surface area contributed by atoms with Crippen LogP contribution >= 0.6 is 0 Å². The maximum absolute atomic E-state index is 12.9. The average molecular weight is 396 g/mol. The zero-order valence-corrected chi connectivity index (χ0v) is 17.1. The second kappa shape index (κ2) is 8.47. The second-order valence-corrected chi connectivity index (χ2v) is 7.75. The highest BCUT2D eigenvalue weighted by Gasteiger charge is 2.32. The van der Waals surface area contributed by atoms with Crippen LogP contribution in [0.3, 0.4) is 0 Å². The van der Waals surface area contributed by atoms with Gasteiger partial charge in [0.1, 0.15) is 5.75 Å². The van der Waals surface area contributed by atoms with Crippen molar-refractivity contribution in [3.05, 3.63) is 46.8 Å². The lowest BCUT2D eigenvalue weighted by Gasteiger charge is -2.35. The van der Waals surface area contributed by atoms with Crippen LogP contribution in [0.25, 0.3) is 0 Å². The van der Waals surface area contributed by atoms with Gasteiger partial charge in [-0.15, -0.1) is 0 Å². The molecule has 29 heavy (non-hydrogen) atoms. The molecule has 1 atom stereocenters. The van der Waals surface area contributed by atoms with Gasteiger partial charge < -0.3 is 14.7 Å². The maximum atomic E-state index is 12.9. The minimum atomic E-state index is 0.0645. The average Bonchev–Trinajstić information content (AvgIpc) is 2.74. The Bertz CT molecular complexity index is 894. The van der Waals surface area contributed by atoms with E-state index >= 15 is 0 Å². The van der Waals surface area contributed by atoms with Crippen LogP contribution in [0.4, 0.5) is 5.95 Å². The largest absolute Gasteiger partial charge is 0.496 e. The molecule has 1 aliphatic heterocycles. The lowest BCUT2D eigenvalue weighted by atomic mass is 9.81. The number of rotatable bonds is 5. The molecule has 154 valence electrons. The first-order valence-electron chi connectivity index (χ1n) is 10.2. The van der Waals surface area contributed by atoms with E-state index < -0.39 is 0 Å². The van der Waals surface area contributed by atoms with Gasteiger partial charge in [0, 0.05) is 45.1 Å². The third-order valence-electron chi connectivity index (χ3n) is 5.95. The Hall–Kier alpha value is -2.51. The molecule has 1 saturated heterocycles. The number of hydrogen-bond acceptors (Lipinski definition) is 7. The predicted molar refractivity (Wildman–Crippen MR) is 111 cm³/mol. The van der Waals surface area contributed by atoms with E-state index in [0.717, 1.165) is 48.9 Å². The number of carbonyl (C=O) groups is 1. The molecule has 0 spiro atoms. The molecule has 1 N–H and O–H groups in total.